The predicted octanol–water partition coefficient (Wildman–Crippen LogP) is 3.82. The normalized spacial score (nSPS) is 10.9. The summed E-state index contributed by atoms with van der Waals surface area (Å²) in [5.74, 6) is 0.333. The van der Waals surface area contributed by atoms with Gasteiger partial charge in [0.25, 0.3) is 0 Å². The lowest BCUT2D eigenvalue weighted by Gasteiger charge is -2.04. The van der Waals surface area contributed by atoms with Gasteiger partial charge in [0, 0.05) is 5.75 Å². The van der Waals surface area contributed by atoms with E-state index in [0.717, 1.165) is 5.56 Å². The van der Waals surface area contributed by atoms with E-state index in [-0.39, 0.29) is 5.82 Å². The molecule has 0 unspecified atom stereocenters. The average Bonchev–Trinajstić information content (AvgIpc) is 2.46. The molecule has 100 valence electrons. The molecule has 0 amide bonds. The van der Waals surface area contributed by atoms with E-state index in [0.29, 0.717) is 16.6 Å². The Kier molecular flexibility index (Phi) is 5.15. The predicted molar refractivity (Wildman–Crippen MR) is 80.0 cm³/mol. The first-order valence-corrected chi connectivity index (χ1v) is 6.92. The lowest BCUT2D eigenvalue weighted by Crippen LogP contribution is -2.13. The number of nitrogens with zero attached hydrogens (tertiary/aromatic N) is 2. The highest BCUT2D eigenvalue weighted by atomic mass is 32.2. The van der Waals surface area contributed by atoms with Gasteiger partial charge in [0.2, 0.25) is 0 Å². The second kappa shape index (κ2) is 7.31. The van der Waals surface area contributed by atoms with Gasteiger partial charge in [-0.2, -0.15) is 5.26 Å². The number of rotatable bonds is 3. The van der Waals surface area contributed by atoms with Crippen LogP contribution in [0.25, 0.3) is 0 Å². The third-order valence-corrected chi connectivity index (χ3v) is 3.36. The molecule has 2 aromatic carbocycles. The summed E-state index contributed by atoms with van der Waals surface area (Å²) < 4.78 is 13.1. The minimum absolute atomic E-state index is 0.351. The van der Waals surface area contributed by atoms with Crippen LogP contribution in [0.1, 0.15) is 5.56 Å². The van der Waals surface area contributed by atoms with Crippen molar-refractivity contribution in [3.05, 3.63) is 66.0 Å². The Balaban J connectivity index is 2.09. The quantitative estimate of drug-likeness (QED) is 0.403. The molecular formula is C15H12FN3S. The van der Waals surface area contributed by atoms with Crippen molar-refractivity contribution in [3.63, 3.8) is 0 Å². The molecule has 2 aromatic rings. The van der Waals surface area contributed by atoms with Crippen LogP contribution in [0, 0.1) is 17.3 Å². The van der Waals surface area contributed by atoms with Crippen molar-refractivity contribution in [2.75, 3.05) is 0 Å². The van der Waals surface area contributed by atoms with Crippen LogP contribution in [0.4, 0.5) is 10.1 Å². The summed E-state index contributed by atoms with van der Waals surface area (Å²) in [5.41, 5.74) is 1.60. The zero-order chi connectivity index (χ0) is 14.2. The van der Waals surface area contributed by atoms with Crippen molar-refractivity contribution in [2.45, 2.75) is 5.75 Å². The first-order chi connectivity index (χ1) is 9.78. The second-order valence-corrected chi connectivity index (χ2v) is 4.87. The van der Waals surface area contributed by atoms with Crippen LogP contribution < -0.4 is 5.32 Å². The summed E-state index contributed by atoms with van der Waals surface area (Å²) >= 11 is 1.39. The second-order valence-electron chi connectivity index (χ2n) is 3.91. The molecule has 0 radical (unpaired) electrons. The molecule has 0 atom stereocenters. The fraction of sp³-hybridized carbons (Fsp3) is 0.0667. The molecule has 0 saturated heterocycles. The van der Waals surface area contributed by atoms with Crippen molar-refractivity contribution in [1.29, 1.82) is 5.26 Å². The first kappa shape index (κ1) is 14.1. The molecular weight excluding hydrogens is 273 g/mol. The molecule has 0 bridgehead atoms. The molecule has 0 saturated carbocycles. The maximum atomic E-state index is 13.1. The van der Waals surface area contributed by atoms with E-state index in [2.05, 4.69) is 10.3 Å². The first-order valence-electron chi connectivity index (χ1n) is 5.94. The fourth-order valence-electron chi connectivity index (χ4n) is 1.53. The molecule has 1 N–H and O–H groups in total. The van der Waals surface area contributed by atoms with Crippen LogP contribution in [-0.4, -0.2) is 5.17 Å². The topological polar surface area (TPSA) is 48.2 Å². The van der Waals surface area contributed by atoms with Gasteiger partial charge in [-0.05, 0) is 23.8 Å². The summed E-state index contributed by atoms with van der Waals surface area (Å²) in [6, 6.07) is 15.8. The van der Waals surface area contributed by atoms with Gasteiger partial charge in [0.05, 0.1) is 5.69 Å². The molecule has 0 fully saturated rings. The third kappa shape index (κ3) is 4.41. The molecule has 0 aliphatic carbocycles. The standard InChI is InChI=1S/C15H12FN3S/c16-13-7-4-8-14(9-13)19-15(18-11-17)20-10-12-5-2-1-3-6-12/h1-9H,10H2,(H,18,19). The average molecular weight is 285 g/mol. The van der Waals surface area contributed by atoms with Gasteiger partial charge >= 0.3 is 0 Å². The Morgan fingerprint density at radius 2 is 2.00 bits per heavy atom. The number of hydrogen-bond acceptors (Lipinski definition) is 3. The van der Waals surface area contributed by atoms with Gasteiger partial charge in [-0.1, -0.05) is 48.2 Å². The Morgan fingerprint density at radius 3 is 2.70 bits per heavy atom. The molecule has 0 aliphatic rings. The highest BCUT2D eigenvalue weighted by Gasteiger charge is 2.02. The van der Waals surface area contributed by atoms with E-state index in [9.17, 15) is 4.39 Å². The summed E-state index contributed by atoms with van der Waals surface area (Å²) in [4.78, 5) is 4.23. The van der Waals surface area contributed by atoms with Crippen LogP contribution in [0.5, 0.6) is 0 Å². The number of nitrogens with one attached hydrogen (secondary N) is 1. The van der Waals surface area contributed by atoms with E-state index >= 15 is 0 Å². The Bertz CT molecular complexity index is 635. The SMILES string of the molecule is N#CNC(=Nc1cccc(F)c1)SCc1ccccc1. The maximum absolute atomic E-state index is 13.1. The zero-order valence-electron chi connectivity index (χ0n) is 10.6. The Morgan fingerprint density at radius 1 is 1.20 bits per heavy atom. The summed E-state index contributed by atoms with van der Waals surface area (Å²) in [6.45, 7) is 0. The van der Waals surface area contributed by atoms with Crippen molar-refractivity contribution < 1.29 is 4.39 Å². The van der Waals surface area contributed by atoms with Gasteiger partial charge in [-0.3, -0.25) is 5.32 Å². The van der Waals surface area contributed by atoms with E-state index in [1.807, 2.05) is 36.5 Å². The van der Waals surface area contributed by atoms with Gasteiger partial charge in [0.1, 0.15) is 5.82 Å². The van der Waals surface area contributed by atoms with Crippen LogP contribution >= 0.6 is 11.8 Å². The summed E-state index contributed by atoms with van der Waals surface area (Å²) in [5, 5.41) is 11.7. The summed E-state index contributed by atoms with van der Waals surface area (Å²) in [7, 11) is 0. The third-order valence-electron chi connectivity index (χ3n) is 2.42. The Hall–Kier alpha value is -2.32. The number of nitriles is 1. The fourth-order valence-corrected chi connectivity index (χ4v) is 2.32. The number of thioether (sulfide) groups is 1. The largest absolute Gasteiger partial charge is 0.271 e. The van der Waals surface area contributed by atoms with E-state index in [4.69, 9.17) is 5.26 Å². The molecule has 0 spiro atoms. The number of hydrogen-bond donors (Lipinski definition) is 1. The highest BCUT2D eigenvalue weighted by molar-refractivity contribution is 8.13. The minimum atomic E-state index is -0.351. The smallest absolute Gasteiger partial charge is 0.183 e. The van der Waals surface area contributed by atoms with Gasteiger partial charge < -0.3 is 0 Å². The zero-order valence-corrected chi connectivity index (χ0v) is 11.4. The van der Waals surface area contributed by atoms with Gasteiger partial charge in [-0.25, -0.2) is 9.38 Å². The molecule has 2 rings (SSSR count). The molecule has 0 heterocycles. The molecule has 3 nitrogen and oxygen atoms in total. The number of aliphatic imine (C=N–C) groups is 1. The number of amidine groups is 1. The molecule has 0 aliphatic heterocycles. The van der Waals surface area contributed by atoms with Crippen LogP contribution in [0.2, 0.25) is 0 Å². The minimum Gasteiger partial charge on any atom is -0.271 e. The number of halogens is 1. The lowest BCUT2D eigenvalue weighted by molar-refractivity contribution is 0.628. The molecule has 0 aromatic heterocycles. The van der Waals surface area contributed by atoms with Crippen LogP contribution in [-0.2, 0) is 5.75 Å². The maximum Gasteiger partial charge on any atom is 0.183 e. The van der Waals surface area contributed by atoms with Gasteiger partial charge in [0.15, 0.2) is 11.4 Å². The van der Waals surface area contributed by atoms with Crippen LogP contribution in [0.3, 0.4) is 0 Å². The van der Waals surface area contributed by atoms with E-state index in [1.54, 1.807) is 12.1 Å². The van der Waals surface area contributed by atoms with E-state index < -0.39 is 0 Å². The number of benzene rings is 2. The van der Waals surface area contributed by atoms with Crippen molar-refractivity contribution in [1.82, 2.24) is 5.32 Å². The lowest BCUT2D eigenvalue weighted by atomic mass is 10.2. The van der Waals surface area contributed by atoms with Crippen LogP contribution in [0.15, 0.2) is 59.6 Å². The van der Waals surface area contributed by atoms with Gasteiger partial charge in [-0.15, -0.1) is 0 Å². The van der Waals surface area contributed by atoms with Crippen molar-refractivity contribution in [2.24, 2.45) is 4.99 Å². The molecule has 5 heteroatoms. The van der Waals surface area contributed by atoms with Crippen molar-refractivity contribution in [3.8, 4) is 6.19 Å². The summed E-state index contributed by atoms with van der Waals surface area (Å²) in [6.07, 6.45) is 1.84. The monoisotopic (exact) mass is 285 g/mol. The van der Waals surface area contributed by atoms with E-state index in [1.165, 1.54) is 23.9 Å². The highest BCUT2D eigenvalue weighted by Crippen LogP contribution is 2.18. The Labute approximate surface area is 121 Å². The molecule has 20 heavy (non-hydrogen) atoms. The van der Waals surface area contributed by atoms with Crippen molar-refractivity contribution >= 4 is 22.6 Å².